The zero-order valence-electron chi connectivity index (χ0n) is 18.4. The van der Waals surface area contributed by atoms with E-state index in [-0.39, 0.29) is 29.2 Å². The first-order chi connectivity index (χ1) is 16.7. The molecule has 1 amide bonds. The predicted molar refractivity (Wildman–Crippen MR) is 129 cm³/mol. The number of carbonyl (C=O) groups is 2. The van der Waals surface area contributed by atoms with Gasteiger partial charge in [0.05, 0.1) is 39.5 Å². The lowest BCUT2D eigenvalue weighted by atomic mass is 9.87. The number of anilines is 1. The number of esters is 1. The fraction of sp³-hybridized carbons (Fsp3) is 0.208. The summed E-state index contributed by atoms with van der Waals surface area (Å²) in [5.74, 6) is -2.00. The van der Waals surface area contributed by atoms with Crippen molar-refractivity contribution in [1.82, 2.24) is 5.32 Å². The van der Waals surface area contributed by atoms with Crippen molar-refractivity contribution in [2.75, 3.05) is 17.7 Å². The van der Waals surface area contributed by atoms with Gasteiger partial charge < -0.3 is 15.4 Å². The maximum atomic E-state index is 12.9. The summed E-state index contributed by atoms with van der Waals surface area (Å²) in [6.07, 6.45) is -3.09. The third kappa shape index (κ3) is 6.35. The molecule has 0 unspecified atom stereocenters. The Morgan fingerprint density at radius 2 is 2.11 bits per heavy atom. The van der Waals surface area contributed by atoms with E-state index in [1.54, 1.807) is 19.1 Å². The van der Waals surface area contributed by atoms with Crippen LogP contribution in [0.1, 0.15) is 23.3 Å². The number of thiophene rings is 1. The third-order valence-electron chi connectivity index (χ3n) is 4.85. The largest absolute Gasteiger partial charge is 0.458 e. The second-order valence-electron chi connectivity index (χ2n) is 7.27. The number of rotatable bonds is 8. The van der Waals surface area contributed by atoms with Gasteiger partial charge in [-0.15, -0.1) is 11.3 Å². The van der Waals surface area contributed by atoms with Crippen LogP contribution in [-0.4, -0.2) is 24.2 Å². The maximum Gasteiger partial charge on any atom is 0.416 e. The predicted octanol–water partition coefficient (Wildman–Crippen LogP) is 5.56. The lowest BCUT2D eigenvalue weighted by Gasteiger charge is -2.28. The number of nitriles is 1. The second-order valence-corrected chi connectivity index (χ2v) is 9.23. The van der Waals surface area contributed by atoms with Crippen molar-refractivity contribution in [3.05, 3.63) is 86.7 Å². The van der Waals surface area contributed by atoms with E-state index in [0.29, 0.717) is 10.7 Å². The van der Waals surface area contributed by atoms with Crippen molar-refractivity contribution >= 4 is 40.7 Å². The Kier molecular flexibility index (Phi) is 8.43. The molecule has 0 aliphatic carbocycles. The smallest absolute Gasteiger partial charge is 0.416 e. The molecule has 1 aliphatic heterocycles. The first kappa shape index (κ1) is 26.1. The van der Waals surface area contributed by atoms with Crippen LogP contribution in [0.4, 0.5) is 18.9 Å². The van der Waals surface area contributed by atoms with Crippen LogP contribution in [0.2, 0.25) is 0 Å². The summed E-state index contributed by atoms with van der Waals surface area (Å²) in [5.41, 5.74) is 0.124. The van der Waals surface area contributed by atoms with Crippen LogP contribution < -0.4 is 10.6 Å². The average Bonchev–Trinajstić information content (AvgIpc) is 3.35. The summed E-state index contributed by atoms with van der Waals surface area (Å²) in [5, 5.41) is 17.6. The SMILES string of the molecule is C=CCOC(=O)C1=C(C)NC(SCC(=O)Nc2cccc(C(F)(F)F)c2)=C(C#N)[C@H]1c1cccs1. The van der Waals surface area contributed by atoms with Gasteiger partial charge >= 0.3 is 12.1 Å². The molecule has 0 radical (unpaired) electrons. The molecule has 1 aliphatic rings. The highest BCUT2D eigenvalue weighted by molar-refractivity contribution is 8.03. The van der Waals surface area contributed by atoms with Crippen molar-refractivity contribution < 1.29 is 27.5 Å². The van der Waals surface area contributed by atoms with Crippen LogP contribution in [0.15, 0.2) is 76.3 Å². The monoisotopic (exact) mass is 519 g/mol. The summed E-state index contributed by atoms with van der Waals surface area (Å²) in [6.45, 7) is 5.21. The van der Waals surface area contributed by atoms with Gasteiger partial charge in [0.2, 0.25) is 5.91 Å². The van der Waals surface area contributed by atoms with Gasteiger partial charge in [0.15, 0.2) is 0 Å². The normalized spacial score (nSPS) is 15.8. The van der Waals surface area contributed by atoms with E-state index < -0.39 is 29.5 Å². The van der Waals surface area contributed by atoms with E-state index >= 15 is 0 Å². The number of allylic oxidation sites excluding steroid dienone is 2. The molecule has 3 rings (SSSR count). The molecule has 11 heteroatoms. The molecule has 1 atom stereocenters. The fourth-order valence-corrected chi connectivity index (χ4v) is 5.09. The molecular formula is C24H20F3N3O3S2. The van der Waals surface area contributed by atoms with Gasteiger partial charge in [-0.3, -0.25) is 4.79 Å². The second kappa shape index (κ2) is 11.3. The number of amides is 1. The summed E-state index contributed by atoms with van der Waals surface area (Å²) in [4.78, 5) is 26.0. The minimum Gasteiger partial charge on any atom is -0.458 e. The van der Waals surface area contributed by atoms with Gasteiger partial charge in [-0.2, -0.15) is 18.4 Å². The topological polar surface area (TPSA) is 91.2 Å². The van der Waals surface area contributed by atoms with E-state index in [9.17, 15) is 28.0 Å². The molecule has 0 spiro atoms. The van der Waals surface area contributed by atoms with Crippen molar-refractivity contribution in [2.24, 2.45) is 0 Å². The number of carbonyl (C=O) groups excluding carboxylic acids is 2. The number of dihydropyridines is 1. The number of thioether (sulfide) groups is 1. The fourth-order valence-electron chi connectivity index (χ4n) is 3.36. The molecule has 35 heavy (non-hydrogen) atoms. The van der Waals surface area contributed by atoms with Crippen LogP contribution in [0.3, 0.4) is 0 Å². The molecule has 0 saturated carbocycles. The number of benzene rings is 1. The number of alkyl halides is 3. The summed E-state index contributed by atoms with van der Waals surface area (Å²) in [7, 11) is 0. The van der Waals surface area contributed by atoms with E-state index in [0.717, 1.165) is 28.8 Å². The van der Waals surface area contributed by atoms with E-state index in [1.807, 2.05) is 5.38 Å². The molecule has 2 N–H and O–H groups in total. The molecular weight excluding hydrogens is 499 g/mol. The molecule has 2 heterocycles. The van der Waals surface area contributed by atoms with Crippen LogP contribution in [0, 0.1) is 11.3 Å². The van der Waals surface area contributed by atoms with Crippen LogP contribution in [0.5, 0.6) is 0 Å². The Morgan fingerprint density at radius 3 is 2.74 bits per heavy atom. The molecule has 1 aromatic heterocycles. The lowest BCUT2D eigenvalue weighted by molar-refractivity contribution is -0.138. The van der Waals surface area contributed by atoms with Crippen LogP contribution in [-0.2, 0) is 20.5 Å². The first-order valence-corrected chi connectivity index (χ1v) is 12.1. The van der Waals surface area contributed by atoms with Crippen LogP contribution >= 0.6 is 23.1 Å². The number of ether oxygens (including phenoxy) is 1. The summed E-state index contributed by atoms with van der Waals surface area (Å²) in [6, 6.07) is 10.1. The number of hydrogen-bond acceptors (Lipinski definition) is 7. The summed E-state index contributed by atoms with van der Waals surface area (Å²) >= 11 is 2.39. The van der Waals surface area contributed by atoms with Crippen LogP contribution in [0.25, 0.3) is 0 Å². The van der Waals surface area contributed by atoms with E-state index in [2.05, 4.69) is 23.3 Å². The highest BCUT2D eigenvalue weighted by Gasteiger charge is 2.36. The minimum atomic E-state index is -4.53. The Labute approximate surface area is 208 Å². The van der Waals surface area contributed by atoms with Crippen molar-refractivity contribution in [3.63, 3.8) is 0 Å². The van der Waals surface area contributed by atoms with Gasteiger partial charge in [-0.25, -0.2) is 4.79 Å². The van der Waals surface area contributed by atoms with E-state index in [1.165, 1.54) is 29.5 Å². The van der Waals surface area contributed by atoms with E-state index in [4.69, 9.17) is 4.74 Å². The maximum absolute atomic E-state index is 12.9. The van der Waals surface area contributed by atoms with Gasteiger partial charge in [-0.1, -0.05) is 36.5 Å². The molecule has 182 valence electrons. The first-order valence-electron chi connectivity index (χ1n) is 10.2. The molecule has 6 nitrogen and oxygen atoms in total. The van der Waals surface area contributed by atoms with Crippen molar-refractivity contribution in [3.8, 4) is 6.07 Å². The van der Waals surface area contributed by atoms with Gasteiger partial charge in [0, 0.05) is 16.3 Å². The molecule has 0 bridgehead atoms. The average molecular weight is 520 g/mol. The molecule has 0 fully saturated rings. The highest BCUT2D eigenvalue weighted by Crippen LogP contribution is 2.42. The number of hydrogen-bond donors (Lipinski definition) is 2. The number of nitrogens with zero attached hydrogens (tertiary/aromatic N) is 1. The Bertz CT molecular complexity index is 1230. The lowest BCUT2D eigenvalue weighted by Crippen LogP contribution is -2.29. The molecule has 1 aromatic carbocycles. The molecule has 2 aromatic rings. The van der Waals surface area contributed by atoms with Crippen molar-refractivity contribution in [1.29, 1.82) is 5.26 Å². The zero-order chi connectivity index (χ0) is 25.6. The highest BCUT2D eigenvalue weighted by atomic mass is 32.2. The third-order valence-corrected chi connectivity index (χ3v) is 6.80. The Balaban J connectivity index is 1.81. The summed E-state index contributed by atoms with van der Waals surface area (Å²) < 4.78 is 44.0. The zero-order valence-corrected chi connectivity index (χ0v) is 20.1. The quantitative estimate of drug-likeness (QED) is 0.350. The molecule has 0 saturated heterocycles. The number of halogens is 3. The van der Waals surface area contributed by atoms with Gasteiger partial charge in [0.25, 0.3) is 0 Å². The number of nitrogens with one attached hydrogen (secondary N) is 2. The van der Waals surface area contributed by atoms with Gasteiger partial charge in [0.1, 0.15) is 6.61 Å². The van der Waals surface area contributed by atoms with Gasteiger partial charge in [-0.05, 0) is 36.6 Å². The minimum absolute atomic E-state index is 0.00962. The Morgan fingerprint density at radius 1 is 1.34 bits per heavy atom. The standard InChI is InChI=1S/C24H20F3N3O3S2/c1-3-9-33-23(32)20-14(2)29-22(17(12-28)21(20)18-8-5-10-34-18)35-13-19(31)30-16-7-4-6-15(11-16)24(25,26)27/h3-8,10-11,21,29H,1,9,13H2,2H3,(H,30,31)/t21-/m0/s1. The Hall–Kier alpha value is -3.49. The van der Waals surface area contributed by atoms with Crippen molar-refractivity contribution in [2.45, 2.75) is 19.0 Å².